The van der Waals surface area contributed by atoms with Crippen LogP contribution < -0.4 is 5.32 Å². The van der Waals surface area contributed by atoms with Gasteiger partial charge in [0.2, 0.25) is 5.91 Å². The van der Waals surface area contributed by atoms with Gasteiger partial charge in [0.15, 0.2) is 5.13 Å². The number of carbonyl (C=O) groups excluding carboxylic acids is 1. The average molecular weight is 354 g/mol. The number of fused-ring (bicyclic) bond motifs is 1. The Labute approximate surface area is 148 Å². The Bertz CT molecular complexity index is 959. The van der Waals surface area contributed by atoms with Crippen LogP contribution in [0.25, 0.3) is 21.3 Å². The lowest BCUT2D eigenvalue weighted by molar-refractivity contribution is -0.133. The molecular formula is C18H18N4O2S. The zero-order valence-electron chi connectivity index (χ0n) is 14.0. The van der Waals surface area contributed by atoms with Gasteiger partial charge in [-0.2, -0.15) is 10.2 Å². The number of benzene rings is 1. The van der Waals surface area contributed by atoms with E-state index < -0.39 is 5.60 Å². The lowest BCUT2D eigenvalue weighted by atomic mass is 9.72. The third-order valence-electron chi connectivity index (χ3n) is 4.47. The van der Waals surface area contributed by atoms with Crippen molar-refractivity contribution in [3.63, 3.8) is 0 Å². The standard InChI is InChI=1S/C18H18N4O2S/c1-10-5-12-6-11(3-4-14(12)22-21-10)15-9-19-17(25-15)20-16(23)13-7-18(2,24)8-13/h3-6,9,13,24H,7-8H2,1-2H3,(H,19,20,23). The largest absolute Gasteiger partial charge is 0.390 e. The highest BCUT2D eigenvalue weighted by molar-refractivity contribution is 7.19. The summed E-state index contributed by atoms with van der Waals surface area (Å²) in [6.07, 6.45) is 2.77. The molecule has 4 rings (SSSR count). The lowest BCUT2D eigenvalue weighted by Gasteiger charge is -2.39. The highest BCUT2D eigenvalue weighted by atomic mass is 32.1. The molecule has 0 spiro atoms. The normalized spacial score (nSPS) is 22.6. The fourth-order valence-corrected chi connectivity index (χ4v) is 3.98. The molecule has 0 aliphatic heterocycles. The molecule has 0 saturated heterocycles. The van der Waals surface area contributed by atoms with Gasteiger partial charge in [0.1, 0.15) is 0 Å². The van der Waals surface area contributed by atoms with E-state index in [1.54, 1.807) is 13.1 Å². The number of amides is 1. The minimum absolute atomic E-state index is 0.0724. The quantitative estimate of drug-likeness (QED) is 0.754. The summed E-state index contributed by atoms with van der Waals surface area (Å²) in [5.41, 5.74) is 2.05. The fourth-order valence-electron chi connectivity index (χ4n) is 3.16. The van der Waals surface area contributed by atoms with E-state index in [4.69, 9.17) is 0 Å². The predicted octanol–water partition coefficient (Wildman–Crippen LogP) is 3.16. The number of nitrogens with zero attached hydrogens (tertiary/aromatic N) is 3. The van der Waals surface area contributed by atoms with Crippen molar-refractivity contribution in [2.24, 2.45) is 5.92 Å². The maximum Gasteiger partial charge on any atom is 0.229 e. The summed E-state index contributed by atoms with van der Waals surface area (Å²) in [7, 11) is 0. The number of carbonyl (C=O) groups is 1. The van der Waals surface area contributed by atoms with Crippen LogP contribution in [0.2, 0.25) is 0 Å². The van der Waals surface area contributed by atoms with Gasteiger partial charge in [-0.1, -0.05) is 17.4 Å². The summed E-state index contributed by atoms with van der Waals surface area (Å²) in [6, 6.07) is 7.97. The molecule has 0 unspecified atom stereocenters. The number of nitrogens with one attached hydrogen (secondary N) is 1. The summed E-state index contributed by atoms with van der Waals surface area (Å²) < 4.78 is 0. The molecule has 0 radical (unpaired) electrons. The molecule has 6 nitrogen and oxygen atoms in total. The molecule has 1 aliphatic rings. The monoisotopic (exact) mass is 354 g/mol. The van der Waals surface area contributed by atoms with Crippen LogP contribution in [0.15, 0.2) is 30.5 Å². The SMILES string of the molecule is Cc1cc2cc(-c3cnc(NC(=O)C4CC(C)(O)C4)s3)ccc2nn1. The summed E-state index contributed by atoms with van der Waals surface area (Å²) in [6.45, 7) is 3.67. The lowest BCUT2D eigenvalue weighted by Crippen LogP contribution is -2.46. The molecule has 2 aromatic heterocycles. The van der Waals surface area contributed by atoms with E-state index in [1.807, 2.05) is 25.1 Å². The maximum atomic E-state index is 12.2. The van der Waals surface area contributed by atoms with E-state index >= 15 is 0 Å². The molecule has 1 saturated carbocycles. The molecule has 2 heterocycles. The second-order valence-electron chi connectivity index (χ2n) is 6.88. The number of aromatic nitrogens is 3. The van der Waals surface area contributed by atoms with Gasteiger partial charge in [-0.25, -0.2) is 4.98 Å². The first kappa shape index (κ1) is 16.1. The van der Waals surface area contributed by atoms with Crippen LogP contribution in [0.5, 0.6) is 0 Å². The van der Waals surface area contributed by atoms with Gasteiger partial charge in [0.25, 0.3) is 0 Å². The Kier molecular flexibility index (Phi) is 3.77. The van der Waals surface area contributed by atoms with Gasteiger partial charge in [0.05, 0.1) is 21.7 Å². The Morgan fingerprint density at radius 1 is 1.32 bits per heavy atom. The highest BCUT2D eigenvalue weighted by Gasteiger charge is 2.42. The van der Waals surface area contributed by atoms with Gasteiger partial charge < -0.3 is 10.4 Å². The van der Waals surface area contributed by atoms with Crippen molar-refractivity contribution in [2.75, 3.05) is 5.32 Å². The number of aryl methyl sites for hydroxylation is 1. The molecule has 0 atom stereocenters. The fraction of sp³-hybridized carbons (Fsp3) is 0.333. The van der Waals surface area contributed by atoms with Crippen LogP contribution in [-0.2, 0) is 4.79 Å². The van der Waals surface area contributed by atoms with E-state index in [-0.39, 0.29) is 11.8 Å². The number of thiazole rings is 1. The summed E-state index contributed by atoms with van der Waals surface area (Å²) in [5.74, 6) is -0.207. The van der Waals surface area contributed by atoms with Gasteiger partial charge in [0, 0.05) is 17.5 Å². The van der Waals surface area contributed by atoms with Crippen LogP contribution in [0.1, 0.15) is 25.5 Å². The predicted molar refractivity (Wildman–Crippen MR) is 97.4 cm³/mol. The maximum absolute atomic E-state index is 12.2. The van der Waals surface area contributed by atoms with Crippen LogP contribution in [0, 0.1) is 12.8 Å². The number of hydrogen-bond acceptors (Lipinski definition) is 6. The number of rotatable bonds is 3. The van der Waals surface area contributed by atoms with Crippen molar-refractivity contribution < 1.29 is 9.90 Å². The molecule has 1 amide bonds. The molecule has 1 fully saturated rings. The summed E-state index contributed by atoms with van der Waals surface area (Å²) >= 11 is 1.44. The van der Waals surface area contributed by atoms with Crippen molar-refractivity contribution in [3.05, 3.63) is 36.2 Å². The Morgan fingerprint density at radius 2 is 2.12 bits per heavy atom. The van der Waals surface area contributed by atoms with Crippen LogP contribution in [0.4, 0.5) is 5.13 Å². The topological polar surface area (TPSA) is 88.0 Å². The van der Waals surface area contributed by atoms with E-state index in [1.165, 1.54) is 11.3 Å². The molecule has 2 N–H and O–H groups in total. The zero-order valence-corrected chi connectivity index (χ0v) is 14.8. The number of hydrogen-bond donors (Lipinski definition) is 2. The molecule has 25 heavy (non-hydrogen) atoms. The summed E-state index contributed by atoms with van der Waals surface area (Å²) in [4.78, 5) is 17.5. The van der Waals surface area contributed by atoms with Crippen molar-refractivity contribution in [1.82, 2.24) is 15.2 Å². The second kappa shape index (κ2) is 5.86. The van der Waals surface area contributed by atoms with Crippen molar-refractivity contribution in [3.8, 4) is 10.4 Å². The van der Waals surface area contributed by atoms with Crippen molar-refractivity contribution >= 4 is 33.3 Å². The molecular weight excluding hydrogens is 336 g/mol. The minimum Gasteiger partial charge on any atom is -0.390 e. The number of aliphatic hydroxyl groups is 1. The highest BCUT2D eigenvalue weighted by Crippen LogP contribution is 2.38. The smallest absolute Gasteiger partial charge is 0.229 e. The second-order valence-corrected chi connectivity index (χ2v) is 7.91. The zero-order chi connectivity index (χ0) is 17.6. The molecule has 0 bridgehead atoms. The van der Waals surface area contributed by atoms with E-state index in [0.29, 0.717) is 18.0 Å². The third kappa shape index (κ3) is 3.25. The van der Waals surface area contributed by atoms with E-state index in [9.17, 15) is 9.90 Å². The van der Waals surface area contributed by atoms with Gasteiger partial charge in [-0.05, 0) is 50.5 Å². The van der Waals surface area contributed by atoms with E-state index in [0.717, 1.165) is 27.0 Å². The Morgan fingerprint density at radius 3 is 2.88 bits per heavy atom. The number of anilines is 1. The molecule has 1 aromatic carbocycles. The van der Waals surface area contributed by atoms with Crippen LogP contribution in [-0.4, -0.2) is 31.8 Å². The third-order valence-corrected chi connectivity index (χ3v) is 5.43. The Hall–Kier alpha value is -2.38. The molecule has 128 valence electrons. The van der Waals surface area contributed by atoms with Gasteiger partial charge in [-0.3, -0.25) is 4.79 Å². The van der Waals surface area contributed by atoms with Crippen molar-refractivity contribution in [1.29, 1.82) is 0 Å². The van der Waals surface area contributed by atoms with Crippen LogP contribution >= 0.6 is 11.3 Å². The van der Waals surface area contributed by atoms with E-state index in [2.05, 4.69) is 26.6 Å². The van der Waals surface area contributed by atoms with Crippen LogP contribution in [0.3, 0.4) is 0 Å². The molecule has 3 aromatic rings. The minimum atomic E-state index is -0.706. The Balaban J connectivity index is 1.52. The van der Waals surface area contributed by atoms with Crippen molar-refractivity contribution in [2.45, 2.75) is 32.3 Å². The average Bonchev–Trinajstić information content (AvgIpc) is 3.00. The first-order valence-electron chi connectivity index (χ1n) is 8.13. The summed E-state index contributed by atoms with van der Waals surface area (Å²) in [5, 5.41) is 22.4. The molecule has 1 aliphatic carbocycles. The first-order valence-corrected chi connectivity index (χ1v) is 8.95. The first-order chi connectivity index (χ1) is 11.9. The van der Waals surface area contributed by atoms with Gasteiger partial charge >= 0.3 is 0 Å². The van der Waals surface area contributed by atoms with Gasteiger partial charge in [-0.15, -0.1) is 0 Å². The molecule has 7 heteroatoms.